The largest absolute Gasteiger partial charge is 0.465 e. The van der Waals surface area contributed by atoms with Crippen LogP contribution in [0.1, 0.15) is 26.2 Å². The molecule has 0 N–H and O–H groups in total. The van der Waals surface area contributed by atoms with Crippen LogP contribution in [0.3, 0.4) is 0 Å². The lowest BCUT2D eigenvalue weighted by Crippen LogP contribution is -2.17. The molecule has 0 radical (unpaired) electrons. The molecule has 0 aromatic carbocycles. The molecular weight excluding hydrogens is 243 g/mol. The zero-order valence-electron chi connectivity index (χ0n) is 7.19. The lowest BCUT2D eigenvalue weighted by molar-refractivity contribution is -0.142. The highest BCUT2D eigenvalue weighted by atomic mass is 79.9. The van der Waals surface area contributed by atoms with E-state index in [0.29, 0.717) is 12.5 Å². The fourth-order valence-corrected chi connectivity index (χ4v) is 1.41. The van der Waals surface area contributed by atoms with E-state index in [0.717, 1.165) is 19.3 Å². The Bertz CT molecular complexity index is 130. The van der Waals surface area contributed by atoms with E-state index in [1.807, 2.05) is 0 Å². The van der Waals surface area contributed by atoms with Crippen LogP contribution in [-0.2, 0) is 9.53 Å². The Labute approximate surface area is 86.7 Å². The van der Waals surface area contributed by atoms with Crippen molar-refractivity contribution in [1.29, 1.82) is 0 Å². The fraction of sp³-hybridized carbons (Fsp3) is 0.875. The van der Waals surface area contributed by atoms with Gasteiger partial charge in [0.25, 0.3) is 0 Å². The van der Waals surface area contributed by atoms with Gasteiger partial charge in [-0.25, -0.2) is 0 Å². The molecule has 0 aromatic heterocycles. The number of esters is 1. The maximum atomic E-state index is 11.0. The number of hydrogen-bond donors (Lipinski definition) is 0. The first-order valence-electron chi connectivity index (χ1n) is 4.09. The fourth-order valence-electron chi connectivity index (χ4n) is 0.769. The monoisotopic (exact) mass is 256 g/mol. The zero-order valence-corrected chi connectivity index (χ0v) is 9.53. The van der Waals surface area contributed by atoms with Crippen LogP contribution in [0.4, 0.5) is 0 Å². The van der Waals surface area contributed by atoms with E-state index in [4.69, 9.17) is 16.3 Å². The molecule has 0 saturated carbocycles. The summed E-state index contributed by atoms with van der Waals surface area (Å²) in [6.45, 7) is 2.24. The highest BCUT2D eigenvalue weighted by Crippen LogP contribution is 2.11. The summed E-state index contributed by atoms with van der Waals surface area (Å²) in [5.41, 5.74) is 0. The molecule has 0 fully saturated rings. The van der Waals surface area contributed by atoms with Gasteiger partial charge in [-0.1, -0.05) is 22.4 Å². The van der Waals surface area contributed by atoms with Crippen LogP contribution < -0.4 is 0 Å². The zero-order chi connectivity index (χ0) is 9.40. The number of hydrogen-bond acceptors (Lipinski definition) is 2. The Hall–Kier alpha value is 0.240. The second-order valence-electron chi connectivity index (χ2n) is 2.40. The van der Waals surface area contributed by atoms with E-state index < -0.39 is 0 Å². The molecule has 4 heteroatoms. The minimum absolute atomic E-state index is 0.166. The van der Waals surface area contributed by atoms with E-state index in [1.54, 1.807) is 6.92 Å². The molecule has 0 amide bonds. The van der Waals surface area contributed by atoms with E-state index in [1.165, 1.54) is 0 Å². The van der Waals surface area contributed by atoms with Crippen molar-refractivity contribution in [2.24, 2.45) is 0 Å². The van der Waals surface area contributed by atoms with Gasteiger partial charge < -0.3 is 4.74 Å². The smallest absolute Gasteiger partial charge is 0.319 e. The molecule has 1 atom stereocenters. The summed E-state index contributed by atoms with van der Waals surface area (Å²) in [4.78, 5) is 10.9. The minimum Gasteiger partial charge on any atom is -0.465 e. The molecule has 0 unspecified atom stereocenters. The second kappa shape index (κ2) is 7.87. The Balaban J connectivity index is 3.42. The van der Waals surface area contributed by atoms with Crippen molar-refractivity contribution in [2.45, 2.75) is 31.0 Å². The molecule has 0 heterocycles. The molecule has 0 saturated heterocycles. The van der Waals surface area contributed by atoms with E-state index >= 15 is 0 Å². The summed E-state index contributed by atoms with van der Waals surface area (Å²) in [6.07, 6.45) is 2.70. The van der Waals surface area contributed by atoms with Crippen molar-refractivity contribution < 1.29 is 9.53 Å². The molecule has 0 aliphatic rings. The van der Waals surface area contributed by atoms with Crippen LogP contribution in [0.5, 0.6) is 0 Å². The highest BCUT2D eigenvalue weighted by molar-refractivity contribution is 9.10. The molecule has 0 aromatic rings. The Morgan fingerprint density at radius 2 is 2.25 bits per heavy atom. The Kier molecular flexibility index (Phi) is 8.02. The second-order valence-corrected chi connectivity index (χ2v) is 3.89. The summed E-state index contributed by atoms with van der Waals surface area (Å²) in [7, 11) is 0. The van der Waals surface area contributed by atoms with Crippen molar-refractivity contribution in [3.8, 4) is 0 Å². The average molecular weight is 258 g/mol. The number of halogens is 2. The topological polar surface area (TPSA) is 26.3 Å². The van der Waals surface area contributed by atoms with Crippen molar-refractivity contribution in [3.05, 3.63) is 0 Å². The van der Waals surface area contributed by atoms with E-state index in [9.17, 15) is 4.79 Å². The van der Waals surface area contributed by atoms with Crippen molar-refractivity contribution >= 4 is 33.5 Å². The van der Waals surface area contributed by atoms with Crippen molar-refractivity contribution in [2.75, 3.05) is 12.5 Å². The molecule has 0 bridgehead atoms. The van der Waals surface area contributed by atoms with Gasteiger partial charge in [0, 0.05) is 5.88 Å². The first kappa shape index (κ1) is 12.2. The van der Waals surface area contributed by atoms with Gasteiger partial charge in [0.05, 0.1) is 6.61 Å². The van der Waals surface area contributed by atoms with Gasteiger partial charge >= 0.3 is 5.97 Å². The molecule has 0 aliphatic heterocycles. The van der Waals surface area contributed by atoms with E-state index in [2.05, 4.69) is 15.9 Å². The normalized spacial score (nSPS) is 12.6. The maximum absolute atomic E-state index is 11.0. The summed E-state index contributed by atoms with van der Waals surface area (Å²) >= 11 is 8.75. The van der Waals surface area contributed by atoms with Crippen LogP contribution in [0.25, 0.3) is 0 Å². The minimum atomic E-state index is -0.174. The average Bonchev–Trinajstić information content (AvgIpc) is 2.05. The standard InChI is InChI=1S/C8H14BrClO2/c1-2-12-8(11)7(9)5-3-4-6-10/h7H,2-6H2,1H3/t7-/m0/s1. The Morgan fingerprint density at radius 1 is 1.58 bits per heavy atom. The molecule has 0 aliphatic carbocycles. The first-order chi connectivity index (χ1) is 5.72. The number of rotatable bonds is 6. The number of alkyl halides is 2. The van der Waals surface area contributed by atoms with Gasteiger partial charge in [0.1, 0.15) is 4.83 Å². The van der Waals surface area contributed by atoms with Crippen LogP contribution in [0, 0.1) is 0 Å². The summed E-state index contributed by atoms with van der Waals surface area (Å²) < 4.78 is 4.82. The SMILES string of the molecule is CCOC(=O)[C@@H](Br)CCCCCl. The number of unbranched alkanes of at least 4 members (excludes halogenated alkanes) is 1. The van der Waals surface area contributed by atoms with Gasteiger partial charge in [-0.3, -0.25) is 4.79 Å². The van der Waals surface area contributed by atoms with Gasteiger partial charge in [-0.15, -0.1) is 11.6 Å². The lowest BCUT2D eigenvalue weighted by atomic mass is 10.2. The molecule has 0 rings (SSSR count). The lowest BCUT2D eigenvalue weighted by Gasteiger charge is -2.07. The van der Waals surface area contributed by atoms with Crippen LogP contribution in [0.15, 0.2) is 0 Å². The van der Waals surface area contributed by atoms with E-state index in [-0.39, 0.29) is 10.8 Å². The molecule has 2 nitrogen and oxygen atoms in total. The Morgan fingerprint density at radius 3 is 2.75 bits per heavy atom. The van der Waals surface area contributed by atoms with Crippen LogP contribution >= 0.6 is 27.5 Å². The highest BCUT2D eigenvalue weighted by Gasteiger charge is 2.14. The maximum Gasteiger partial charge on any atom is 0.319 e. The summed E-state index contributed by atoms with van der Waals surface area (Å²) in [5, 5.41) is 0. The van der Waals surface area contributed by atoms with Crippen molar-refractivity contribution in [1.82, 2.24) is 0 Å². The summed E-state index contributed by atoms with van der Waals surface area (Å²) in [5.74, 6) is 0.481. The molecular formula is C8H14BrClO2. The first-order valence-corrected chi connectivity index (χ1v) is 5.54. The van der Waals surface area contributed by atoms with Gasteiger partial charge in [0.15, 0.2) is 0 Å². The third kappa shape index (κ3) is 5.84. The predicted molar refractivity (Wildman–Crippen MR) is 53.9 cm³/mol. The molecule has 0 spiro atoms. The van der Waals surface area contributed by atoms with Crippen LogP contribution in [-0.4, -0.2) is 23.3 Å². The number of ether oxygens (including phenoxy) is 1. The van der Waals surface area contributed by atoms with Gasteiger partial charge in [-0.05, 0) is 19.8 Å². The molecule has 72 valence electrons. The van der Waals surface area contributed by atoms with Gasteiger partial charge in [0.2, 0.25) is 0 Å². The van der Waals surface area contributed by atoms with Gasteiger partial charge in [-0.2, -0.15) is 0 Å². The van der Waals surface area contributed by atoms with Crippen LogP contribution in [0.2, 0.25) is 0 Å². The molecule has 12 heavy (non-hydrogen) atoms. The third-order valence-electron chi connectivity index (χ3n) is 1.38. The number of carbonyl (C=O) groups excluding carboxylic acids is 1. The van der Waals surface area contributed by atoms with Crippen molar-refractivity contribution in [3.63, 3.8) is 0 Å². The quantitative estimate of drug-likeness (QED) is 0.415. The predicted octanol–water partition coefficient (Wildman–Crippen LogP) is 2.72. The number of carbonyl (C=O) groups is 1. The third-order valence-corrected chi connectivity index (χ3v) is 2.48. The summed E-state index contributed by atoms with van der Waals surface area (Å²) in [6, 6.07) is 0.